The van der Waals surface area contributed by atoms with Crippen LogP contribution in [-0.4, -0.2) is 51.7 Å². The highest BCUT2D eigenvalue weighted by atomic mass is 16.5. The molecule has 33 heavy (non-hydrogen) atoms. The van der Waals surface area contributed by atoms with E-state index < -0.39 is 0 Å². The molecule has 2 aromatic heterocycles. The summed E-state index contributed by atoms with van der Waals surface area (Å²) in [6, 6.07) is 11.4. The Morgan fingerprint density at radius 1 is 1.15 bits per heavy atom. The number of piperazine rings is 1. The molecule has 3 heterocycles. The van der Waals surface area contributed by atoms with Crippen molar-refractivity contribution in [1.82, 2.24) is 19.6 Å². The standard InChI is InChI=1S/C26H32N4O3/c1-4-8-21-9-6-7-10-24(21)32-19-23-11-12-25(33-23)26(31)29-15-13-28(14-16-29)17-22-18-30(5-2)27-20(22)3/h4,6-7,9-12,18H,1,5,8,13-17,19H2,2-3H3. The van der Waals surface area contributed by atoms with E-state index in [2.05, 4.69) is 36.6 Å². The van der Waals surface area contributed by atoms with Gasteiger partial charge >= 0.3 is 0 Å². The quantitative estimate of drug-likeness (QED) is 0.462. The number of ether oxygens (including phenoxy) is 1. The first-order chi connectivity index (χ1) is 16.1. The van der Waals surface area contributed by atoms with Gasteiger partial charge in [0.2, 0.25) is 0 Å². The summed E-state index contributed by atoms with van der Waals surface area (Å²) in [5, 5.41) is 4.53. The Hall–Kier alpha value is -3.32. The van der Waals surface area contributed by atoms with Crippen LogP contribution in [0.1, 0.15) is 40.1 Å². The average Bonchev–Trinajstić information content (AvgIpc) is 3.45. The molecule has 7 heteroatoms. The second kappa shape index (κ2) is 10.5. The Labute approximate surface area is 195 Å². The maximum absolute atomic E-state index is 12.9. The molecule has 174 valence electrons. The SMILES string of the molecule is C=CCc1ccccc1OCc1ccc(C(=O)N2CCN(Cc3cn(CC)nc3C)CC2)o1. The molecule has 4 rings (SSSR count). The molecular weight excluding hydrogens is 416 g/mol. The summed E-state index contributed by atoms with van der Waals surface area (Å²) in [5.41, 5.74) is 3.40. The van der Waals surface area contributed by atoms with Gasteiger partial charge in [0.25, 0.3) is 5.91 Å². The van der Waals surface area contributed by atoms with Gasteiger partial charge in [-0.3, -0.25) is 14.4 Å². The minimum absolute atomic E-state index is 0.0667. The fraction of sp³-hybridized carbons (Fsp3) is 0.385. The molecule has 0 saturated carbocycles. The number of nitrogens with zero attached hydrogens (tertiary/aromatic N) is 4. The van der Waals surface area contributed by atoms with Gasteiger partial charge in [-0.15, -0.1) is 6.58 Å². The number of para-hydroxylation sites is 1. The minimum Gasteiger partial charge on any atom is -0.485 e. The van der Waals surface area contributed by atoms with Crippen LogP contribution in [0.5, 0.6) is 5.75 Å². The second-order valence-electron chi connectivity index (χ2n) is 8.32. The van der Waals surface area contributed by atoms with Crippen LogP contribution in [0.15, 0.2) is 59.7 Å². The molecule has 0 unspecified atom stereocenters. The number of carbonyl (C=O) groups is 1. The molecule has 0 aliphatic carbocycles. The monoisotopic (exact) mass is 448 g/mol. The molecule has 3 aromatic rings. The first-order valence-corrected chi connectivity index (χ1v) is 11.5. The van der Waals surface area contributed by atoms with Crippen LogP contribution in [0, 0.1) is 6.92 Å². The van der Waals surface area contributed by atoms with E-state index in [1.807, 2.05) is 46.0 Å². The van der Waals surface area contributed by atoms with Gasteiger partial charge in [0.05, 0.1) is 5.69 Å². The number of allylic oxidation sites excluding steroid dienone is 1. The van der Waals surface area contributed by atoms with Crippen molar-refractivity contribution in [3.8, 4) is 5.75 Å². The molecule has 0 N–H and O–H groups in total. The van der Waals surface area contributed by atoms with E-state index in [1.165, 1.54) is 5.56 Å². The van der Waals surface area contributed by atoms with Gasteiger partial charge in [0.15, 0.2) is 5.76 Å². The van der Waals surface area contributed by atoms with Crippen LogP contribution in [-0.2, 0) is 26.1 Å². The van der Waals surface area contributed by atoms with Crippen molar-refractivity contribution in [2.75, 3.05) is 26.2 Å². The summed E-state index contributed by atoms with van der Waals surface area (Å²) >= 11 is 0. The zero-order valence-corrected chi connectivity index (χ0v) is 19.5. The summed E-state index contributed by atoms with van der Waals surface area (Å²) in [6.07, 6.45) is 4.71. The first kappa shape index (κ1) is 22.9. The van der Waals surface area contributed by atoms with Crippen molar-refractivity contribution in [3.05, 3.63) is 83.6 Å². The van der Waals surface area contributed by atoms with E-state index in [4.69, 9.17) is 9.15 Å². The second-order valence-corrected chi connectivity index (χ2v) is 8.32. The molecule has 1 amide bonds. The smallest absolute Gasteiger partial charge is 0.289 e. The molecule has 0 bridgehead atoms. The van der Waals surface area contributed by atoms with Crippen molar-refractivity contribution < 1.29 is 13.9 Å². The number of carbonyl (C=O) groups excluding carboxylic acids is 1. The van der Waals surface area contributed by atoms with Gasteiger partial charge < -0.3 is 14.1 Å². The molecule has 1 aromatic carbocycles. The fourth-order valence-corrected chi connectivity index (χ4v) is 4.07. The van der Waals surface area contributed by atoms with Crippen LogP contribution in [0.4, 0.5) is 0 Å². The van der Waals surface area contributed by atoms with E-state index in [-0.39, 0.29) is 12.5 Å². The van der Waals surface area contributed by atoms with Crippen molar-refractivity contribution in [2.45, 2.75) is 40.0 Å². The highest BCUT2D eigenvalue weighted by Crippen LogP contribution is 2.21. The number of aromatic nitrogens is 2. The summed E-state index contributed by atoms with van der Waals surface area (Å²) in [5.74, 6) is 1.73. The van der Waals surface area contributed by atoms with Crippen LogP contribution < -0.4 is 4.74 Å². The number of hydrogen-bond donors (Lipinski definition) is 0. The number of furan rings is 1. The van der Waals surface area contributed by atoms with Gasteiger partial charge in [-0.25, -0.2) is 0 Å². The number of rotatable bonds is 9. The Morgan fingerprint density at radius 3 is 2.67 bits per heavy atom. The third-order valence-electron chi connectivity index (χ3n) is 6.00. The van der Waals surface area contributed by atoms with E-state index in [9.17, 15) is 4.79 Å². The predicted octanol–water partition coefficient (Wildman–Crippen LogP) is 4.07. The molecule has 1 fully saturated rings. The zero-order valence-electron chi connectivity index (χ0n) is 19.5. The largest absolute Gasteiger partial charge is 0.485 e. The summed E-state index contributed by atoms with van der Waals surface area (Å²) in [6.45, 7) is 13.0. The maximum atomic E-state index is 12.9. The Morgan fingerprint density at radius 2 is 1.94 bits per heavy atom. The number of benzene rings is 1. The molecule has 1 saturated heterocycles. The molecular formula is C26H32N4O3. The normalized spacial score (nSPS) is 14.4. The van der Waals surface area contributed by atoms with Crippen LogP contribution in [0.25, 0.3) is 0 Å². The lowest BCUT2D eigenvalue weighted by Crippen LogP contribution is -2.48. The Kier molecular flexibility index (Phi) is 7.29. The molecule has 1 aliphatic heterocycles. The maximum Gasteiger partial charge on any atom is 0.289 e. The lowest BCUT2D eigenvalue weighted by Gasteiger charge is -2.34. The Balaban J connectivity index is 1.29. The molecule has 1 aliphatic rings. The van der Waals surface area contributed by atoms with Gasteiger partial charge in [-0.2, -0.15) is 5.10 Å². The van der Waals surface area contributed by atoms with Crippen molar-refractivity contribution in [3.63, 3.8) is 0 Å². The highest BCUT2D eigenvalue weighted by molar-refractivity contribution is 5.91. The van der Waals surface area contributed by atoms with E-state index in [1.54, 1.807) is 6.07 Å². The van der Waals surface area contributed by atoms with E-state index in [0.29, 0.717) is 24.6 Å². The lowest BCUT2D eigenvalue weighted by molar-refractivity contribution is 0.0594. The van der Waals surface area contributed by atoms with Crippen LogP contribution >= 0.6 is 0 Å². The van der Waals surface area contributed by atoms with E-state index in [0.717, 1.165) is 49.6 Å². The molecule has 0 radical (unpaired) electrons. The zero-order chi connectivity index (χ0) is 23.2. The van der Waals surface area contributed by atoms with Gasteiger partial charge in [0, 0.05) is 51.0 Å². The summed E-state index contributed by atoms with van der Waals surface area (Å²) < 4.78 is 13.7. The first-order valence-electron chi connectivity index (χ1n) is 11.5. The fourth-order valence-electron chi connectivity index (χ4n) is 4.07. The van der Waals surface area contributed by atoms with Crippen molar-refractivity contribution >= 4 is 5.91 Å². The minimum atomic E-state index is -0.0667. The topological polar surface area (TPSA) is 63.7 Å². The third kappa shape index (κ3) is 5.54. The number of aryl methyl sites for hydroxylation is 2. The Bertz CT molecular complexity index is 1090. The van der Waals surface area contributed by atoms with E-state index >= 15 is 0 Å². The van der Waals surface area contributed by atoms with Crippen LogP contribution in [0.3, 0.4) is 0 Å². The predicted molar refractivity (Wildman–Crippen MR) is 127 cm³/mol. The number of hydrogen-bond acceptors (Lipinski definition) is 5. The van der Waals surface area contributed by atoms with Crippen molar-refractivity contribution in [1.29, 1.82) is 0 Å². The summed E-state index contributed by atoms with van der Waals surface area (Å²) in [7, 11) is 0. The number of amides is 1. The van der Waals surface area contributed by atoms with Crippen LogP contribution in [0.2, 0.25) is 0 Å². The van der Waals surface area contributed by atoms with Crippen molar-refractivity contribution in [2.24, 2.45) is 0 Å². The lowest BCUT2D eigenvalue weighted by atomic mass is 10.1. The average molecular weight is 449 g/mol. The van der Waals surface area contributed by atoms with Gasteiger partial charge in [0.1, 0.15) is 18.1 Å². The van der Waals surface area contributed by atoms with Gasteiger partial charge in [-0.1, -0.05) is 24.3 Å². The third-order valence-corrected chi connectivity index (χ3v) is 6.00. The molecule has 7 nitrogen and oxygen atoms in total. The molecule has 0 spiro atoms. The highest BCUT2D eigenvalue weighted by Gasteiger charge is 2.25. The molecule has 0 atom stereocenters. The summed E-state index contributed by atoms with van der Waals surface area (Å²) in [4.78, 5) is 17.2. The van der Waals surface area contributed by atoms with Gasteiger partial charge in [-0.05, 0) is 44.0 Å².